The molecule has 0 radical (unpaired) electrons. The summed E-state index contributed by atoms with van der Waals surface area (Å²) in [6, 6.07) is 5.60. The van der Waals surface area contributed by atoms with E-state index in [0.29, 0.717) is 29.1 Å². The molecule has 0 saturated heterocycles. The molecule has 0 bridgehead atoms. The average molecular weight is 471 g/mol. The van der Waals surface area contributed by atoms with Gasteiger partial charge in [0, 0.05) is 32.0 Å². The second-order valence-corrected chi connectivity index (χ2v) is 9.41. The van der Waals surface area contributed by atoms with Gasteiger partial charge in [0.05, 0.1) is 31.5 Å². The van der Waals surface area contributed by atoms with Gasteiger partial charge in [-0.1, -0.05) is 19.3 Å². The zero-order chi connectivity index (χ0) is 24.5. The second-order valence-electron chi connectivity index (χ2n) is 9.41. The van der Waals surface area contributed by atoms with Crippen LogP contribution >= 0.6 is 0 Å². The number of hydrogen-bond donors (Lipinski definition) is 2. The highest BCUT2D eigenvalue weighted by Gasteiger charge is 2.49. The number of carbonyl (C=O) groups is 3. The molecule has 9 nitrogen and oxygen atoms in total. The zero-order valence-corrected chi connectivity index (χ0v) is 20.4. The van der Waals surface area contributed by atoms with Crippen molar-refractivity contribution in [2.24, 2.45) is 0 Å². The Morgan fingerprint density at radius 2 is 1.91 bits per heavy atom. The quantitative estimate of drug-likeness (QED) is 0.648. The Labute approximate surface area is 199 Å². The number of nitrogens with one attached hydrogen (secondary N) is 2. The largest absolute Gasteiger partial charge is 0.497 e. The standard InChI is InChI=1S/C25H34N4O5/c1-16(30)26-21-19-14-18(34-4)10-11-20(19)28-15-25(2,24(32)27-17-8-6-5-7-9-17)29(12-13-33-3)23(31)22(21)28/h10-11,14,17H,5-9,12-13,15H2,1-4H3,(H,26,30)(H,27,32). The third kappa shape index (κ3) is 4.24. The Kier molecular flexibility index (Phi) is 6.84. The van der Waals surface area contributed by atoms with Gasteiger partial charge in [-0.25, -0.2) is 0 Å². The van der Waals surface area contributed by atoms with Gasteiger partial charge in [-0.15, -0.1) is 0 Å². The lowest BCUT2D eigenvalue weighted by molar-refractivity contribution is -0.134. The molecule has 1 aromatic carbocycles. The second kappa shape index (κ2) is 9.66. The zero-order valence-electron chi connectivity index (χ0n) is 20.4. The number of aromatic nitrogens is 1. The number of benzene rings is 1. The Hall–Kier alpha value is -3.07. The van der Waals surface area contributed by atoms with E-state index in [0.717, 1.165) is 31.2 Å². The number of amides is 3. The van der Waals surface area contributed by atoms with Gasteiger partial charge in [-0.3, -0.25) is 14.4 Å². The average Bonchev–Trinajstić information content (AvgIpc) is 3.11. The van der Waals surface area contributed by atoms with Crippen LogP contribution in [-0.2, 0) is 20.9 Å². The Morgan fingerprint density at radius 3 is 2.56 bits per heavy atom. The van der Waals surface area contributed by atoms with Crippen LogP contribution in [0.5, 0.6) is 5.75 Å². The van der Waals surface area contributed by atoms with Crippen molar-refractivity contribution < 1.29 is 23.9 Å². The van der Waals surface area contributed by atoms with Gasteiger partial charge in [0.15, 0.2) is 0 Å². The van der Waals surface area contributed by atoms with Crippen molar-refractivity contribution in [1.82, 2.24) is 14.8 Å². The predicted octanol–water partition coefficient (Wildman–Crippen LogP) is 2.92. The Morgan fingerprint density at radius 1 is 1.18 bits per heavy atom. The molecule has 1 saturated carbocycles. The summed E-state index contributed by atoms with van der Waals surface area (Å²) in [6.07, 6.45) is 5.30. The lowest BCUT2D eigenvalue weighted by atomic mass is 9.91. The van der Waals surface area contributed by atoms with Crippen LogP contribution in [0, 0.1) is 0 Å². The van der Waals surface area contributed by atoms with Gasteiger partial charge in [-0.05, 0) is 38.0 Å². The molecule has 1 unspecified atom stereocenters. The van der Waals surface area contributed by atoms with Crippen molar-refractivity contribution >= 4 is 34.3 Å². The summed E-state index contributed by atoms with van der Waals surface area (Å²) in [5.74, 6) is -0.143. The first-order chi connectivity index (χ1) is 16.3. The van der Waals surface area contributed by atoms with E-state index < -0.39 is 5.54 Å². The third-order valence-electron chi connectivity index (χ3n) is 7.03. The summed E-state index contributed by atoms with van der Waals surface area (Å²) in [5.41, 5.74) is 0.441. The summed E-state index contributed by atoms with van der Waals surface area (Å²) in [4.78, 5) is 41.3. The van der Waals surface area contributed by atoms with Gasteiger partial charge in [0.1, 0.15) is 17.0 Å². The van der Waals surface area contributed by atoms with E-state index in [1.807, 2.05) is 23.6 Å². The first-order valence-corrected chi connectivity index (χ1v) is 11.9. The maximum absolute atomic E-state index is 13.9. The van der Waals surface area contributed by atoms with Crippen LogP contribution in [0.15, 0.2) is 18.2 Å². The number of hydrogen-bond acceptors (Lipinski definition) is 5. The van der Waals surface area contributed by atoms with Gasteiger partial charge in [0.2, 0.25) is 11.8 Å². The van der Waals surface area contributed by atoms with Crippen molar-refractivity contribution in [1.29, 1.82) is 0 Å². The molecular formula is C25H34N4O5. The molecule has 0 spiro atoms. The van der Waals surface area contributed by atoms with Crippen LogP contribution in [0.1, 0.15) is 56.4 Å². The first kappa shape index (κ1) is 24.1. The number of carbonyl (C=O) groups excluding carboxylic acids is 3. The number of anilines is 1. The molecule has 2 aromatic rings. The maximum Gasteiger partial charge on any atom is 0.273 e. The lowest BCUT2D eigenvalue weighted by Crippen LogP contribution is -2.65. The molecule has 184 valence electrons. The number of rotatable bonds is 7. The fourth-order valence-corrected chi connectivity index (χ4v) is 5.21. The van der Waals surface area contributed by atoms with E-state index in [1.54, 1.807) is 25.2 Å². The summed E-state index contributed by atoms with van der Waals surface area (Å²) in [5, 5.41) is 6.75. The summed E-state index contributed by atoms with van der Waals surface area (Å²) in [7, 11) is 3.14. The van der Waals surface area contributed by atoms with Crippen LogP contribution in [0.4, 0.5) is 5.69 Å². The van der Waals surface area contributed by atoms with Crippen LogP contribution in [-0.4, -0.2) is 66.1 Å². The summed E-state index contributed by atoms with van der Waals surface area (Å²) in [6.45, 7) is 4.04. The van der Waals surface area contributed by atoms with Crippen LogP contribution in [0.25, 0.3) is 10.9 Å². The van der Waals surface area contributed by atoms with E-state index >= 15 is 0 Å². The van der Waals surface area contributed by atoms with Crippen molar-refractivity contribution in [2.45, 2.75) is 64.1 Å². The van der Waals surface area contributed by atoms with Crippen molar-refractivity contribution in [3.8, 4) is 5.75 Å². The SMILES string of the molecule is COCCN1C(=O)c2c(NC(C)=O)c3cc(OC)ccc3n2CC1(C)C(=O)NC1CCCCC1. The van der Waals surface area contributed by atoms with Crippen molar-refractivity contribution in [2.75, 3.05) is 32.7 Å². The van der Waals surface area contributed by atoms with Crippen LogP contribution in [0.2, 0.25) is 0 Å². The number of methoxy groups -OCH3 is 2. The maximum atomic E-state index is 13.9. The highest BCUT2D eigenvalue weighted by Crippen LogP contribution is 2.40. The number of ether oxygens (including phenoxy) is 2. The molecule has 4 rings (SSSR count). The van der Waals surface area contributed by atoms with Gasteiger partial charge < -0.3 is 29.6 Å². The van der Waals surface area contributed by atoms with Gasteiger partial charge in [0.25, 0.3) is 5.91 Å². The van der Waals surface area contributed by atoms with E-state index in [-0.39, 0.29) is 36.9 Å². The third-order valence-corrected chi connectivity index (χ3v) is 7.03. The van der Waals surface area contributed by atoms with Crippen LogP contribution in [0.3, 0.4) is 0 Å². The monoisotopic (exact) mass is 470 g/mol. The fraction of sp³-hybridized carbons (Fsp3) is 0.560. The normalized spacial score (nSPS) is 20.8. The molecule has 2 aliphatic rings. The first-order valence-electron chi connectivity index (χ1n) is 11.9. The number of nitrogens with zero attached hydrogens (tertiary/aromatic N) is 2. The van der Waals surface area contributed by atoms with E-state index in [2.05, 4.69) is 10.6 Å². The molecule has 2 N–H and O–H groups in total. The Balaban J connectivity index is 1.82. The lowest BCUT2D eigenvalue weighted by Gasteiger charge is -2.45. The van der Waals surface area contributed by atoms with E-state index in [1.165, 1.54) is 13.3 Å². The number of fused-ring (bicyclic) bond motifs is 3. The topological polar surface area (TPSA) is 102 Å². The molecule has 1 aromatic heterocycles. The molecule has 1 fully saturated rings. The highest BCUT2D eigenvalue weighted by molar-refractivity contribution is 6.14. The van der Waals surface area contributed by atoms with E-state index in [4.69, 9.17) is 9.47 Å². The summed E-state index contributed by atoms with van der Waals surface area (Å²) < 4.78 is 12.5. The molecular weight excluding hydrogens is 436 g/mol. The molecule has 1 aliphatic heterocycles. The van der Waals surface area contributed by atoms with E-state index in [9.17, 15) is 14.4 Å². The van der Waals surface area contributed by atoms with Crippen molar-refractivity contribution in [3.63, 3.8) is 0 Å². The molecule has 9 heteroatoms. The minimum Gasteiger partial charge on any atom is -0.497 e. The predicted molar refractivity (Wildman–Crippen MR) is 129 cm³/mol. The molecule has 1 atom stereocenters. The summed E-state index contributed by atoms with van der Waals surface area (Å²) >= 11 is 0. The minimum atomic E-state index is -1.11. The molecule has 34 heavy (non-hydrogen) atoms. The fourth-order valence-electron chi connectivity index (χ4n) is 5.21. The smallest absolute Gasteiger partial charge is 0.273 e. The van der Waals surface area contributed by atoms with Crippen molar-refractivity contribution in [3.05, 3.63) is 23.9 Å². The molecule has 2 heterocycles. The highest BCUT2D eigenvalue weighted by atomic mass is 16.5. The molecule has 3 amide bonds. The van der Waals surface area contributed by atoms with Gasteiger partial charge in [-0.2, -0.15) is 0 Å². The minimum absolute atomic E-state index is 0.124. The van der Waals surface area contributed by atoms with Crippen LogP contribution < -0.4 is 15.4 Å². The van der Waals surface area contributed by atoms with Gasteiger partial charge >= 0.3 is 0 Å². The molecule has 1 aliphatic carbocycles. The Bertz CT molecular complexity index is 1100.